The van der Waals surface area contributed by atoms with Crippen LogP contribution in [-0.2, 0) is 0 Å². The molecule has 0 aliphatic carbocycles. The lowest BCUT2D eigenvalue weighted by atomic mass is 10.1. The van der Waals surface area contributed by atoms with Crippen molar-refractivity contribution in [3.05, 3.63) is 66.2 Å². The molecule has 0 aliphatic rings. The van der Waals surface area contributed by atoms with Crippen LogP contribution in [0, 0.1) is 0 Å². The van der Waals surface area contributed by atoms with Crippen molar-refractivity contribution in [2.24, 2.45) is 5.73 Å². The molecule has 3 rings (SSSR count). The summed E-state index contributed by atoms with van der Waals surface area (Å²) < 4.78 is 1.61. The summed E-state index contributed by atoms with van der Waals surface area (Å²) in [7, 11) is 0. The van der Waals surface area contributed by atoms with Crippen LogP contribution < -0.4 is 11.1 Å². The van der Waals surface area contributed by atoms with Gasteiger partial charge in [-0.3, -0.25) is 9.78 Å². The zero-order valence-corrected chi connectivity index (χ0v) is 11.3. The molecule has 0 bridgehead atoms. The summed E-state index contributed by atoms with van der Waals surface area (Å²) in [5.74, 6) is -0.204. The van der Waals surface area contributed by atoms with E-state index in [2.05, 4.69) is 15.4 Å². The summed E-state index contributed by atoms with van der Waals surface area (Å²) in [6, 6.07) is 9.42. The summed E-state index contributed by atoms with van der Waals surface area (Å²) in [5.41, 5.74) is 8.21. The molecule has 1 amide bonds. The van der Waals surface area contributed by atoms with Gasteiger partial charge >= 0.3 is 0 Å². The summed E-state index contributed by atoms with van der Waals surface area (Å²) >= 11 is 0. The normalized spacial score (nSPS) is 12.2. The van der Waals surface area contributed by atoms with Gasteiger partial charge in [0.25, 0.3) is 5.91 Å². The molecule has 0 fully saturated rings. The van der Waals surface area contributed by atoms with E-state index in [-0.39, 0.29) is 11.9 Å². The van der Waals surface area contributed by atoms with Crippen LogP contribution in [0.1, 0.15) is 22.0 Å². The maximum atomic E-state index is 12.2. The Morgan fingerprint density at radius 3 is 2.90 bits per heavy atom. The minimum atomic E-state index is -0.241. The molecule has 3 N–H and O–H groups in total. The lowest BCUT2D eigenvalue weighted by molar-refractivity contribution is 0.0953. The third kappa shape index (κ3) is 2.75. The van der Waals surface area contributed by atoms with Gasteiger partial charge in [-0.15, -0.1) is 0 Å². The number of fused-ring (bicyclic) bond motifs is 1. The Kier molecular flexibility index (Phi) is 3.61. The molecule has 6 nitrogen and oxygen atoms in total. The Bertz CT molecular complexity index is 753. The molecule has 1 atom stereocenters. The molecule has 0 saturated heterocycles. The lowest BCUT2D eigenvalue weighted by Gasteiger charge is -2.12. The average Bonchev–Trinajstić information content (AvgIpc) is 2.97. The number of amides is 1. The number of aromatic nitrogens is 3. The topological polar surface area (TPSA) is 85.3 Å². The molecule has 106 valence electrons. The Morgan fingerprint density at radius 2 is 2.10 bits per heavy atom. The molecule has 0 aliphatic heterocycles. The predicted molar refractivity (Wildman–Crippen MR) is 78.7 cm³/mol. The van der Waals surface area contributed by atoms with Crippen molar-refractivity contribution in [1.29, 1.82) is 0 Å². The van der Waals surface area contributed by atoms with Crippen LogP contribution in [0.15, 0.2) is 55.1 Å². The van der Waals surface area contributed by atoms with Crippen molar-refractivity contribution >= 4 is 11.4 Å². The van der Waals surface area contributed by atoms with Crippen LogP contribution >= 0.6 is 0 Å². The van der Waals surface area contributed by atoms with Crippen LogP contribution in [0.4, 0.5) is 0 Å². The largest absolute Gasteiger partial charge is 0.350 e. The molecular weight excluding hydrogens is 266 g/mol. The van der Waals surface area contributed by atoms with E-state index in [0.717, 1.165) is 5.56 Å². The first kappa shape index (κ1) is 13.3. The summed E-state index contributed by atoms with van der Waals surface area (Å²) in [6.45, 7) is 0.362. The number of benzene rings is 1. The minimum absolute atomic E-state index is 0.204. The van der Waals surface area contributed by atoms with Gasteiger partial charge in [0.15, 0.2) is 0 Å². The minimum Gasteiger partial charge on any atom is -0.350 e. The first-order valence-corrected chi connectivity index (χ1v) is 6.62. The zero-order chi connectivity index (χ0) is 14.7. The Morgan fingerprint density at radius 1 is 1.29 bits per heavy atom. The molecule has 1 unspecified atom stereocenters. The highest BCUT2D eigenvalue weighted by molar-refractivity contribution is 6.00. The standard InChI is InChI=1S/C15H15N5O/c16-13(11-4-2-1-3-5-11)9-18-15(21)12-8-19-20-7-6-17-10-14(12)20/h1-8,10,13H,9,16H2,(H,18,21). The summed E-state index contributed by atoms with van der Waals surface area (Å²) in [6.07, 6.45) is 6.45. The van der Waals surface area contributed by atoms with Crippen molar-refractivity contribution in [2.75, 3.05) is 6.54 Å². The highest BCUT2D eigenvalue weighted by atomic mass is 16.1. The summed E-state index contributed by atoms with van der Waals surface area (Å²) in [5, 5.41) is 6.94. The van der Waals surface area contributed by atoms with Gasteiger partial charge in [-0.1, -0.05) is 30.3 Å². The van der Waals surface area contributed by atoms with Crippen LogP contribution in [0.3, 0.4) is 0 Å². The van der Waals surface area contributed by atoms with Crippen LogP contribution in [0.25, 0.3) is 5.52 Å². The molecular formula is C15H15N5O. The zero-order valence-electron chi connectivity index (χ0n) is 11.3. The first-order valence-electron chi connectivity index (χ1n) is 6.62. The lowest BCUT2D eigenvalue weighted by Crippen LogP contribution is -2.31. The van der Waals surface area contributed by atoms with Crippen molar-refractivity contribution in [1.82, 2.24) is 19.9 Å². The number of rotatable bonds is 4. The number of nitrogens with one attached hydrogen (secondary N) is 1. The monoisotopic (exact) mass is 281 g/mol. The fourth-order valence-corrected chi connectivity index (χ4v) is 2.13. The maximum Gasteiger partial charge on any atom is 0.255 e. The van der Waals surface area contributed by atoms with E-state index in [4.69, 9.17) is 5.73 Å². The number of hydrogen-bond acceptors (Lipinski definition) is 4. The maximum absolute atomic E-state index is 12.2. The number of nitrogens with two attached hydrogens (primary N) is 1. The number of nitrogens with zero attached hydrogens (tertiary/aromatic N) is 3. The van der Waals surface area contributed by atoms with E-state index in [1.165, 1.54) is 6.20 Å². The van der Waals surface area contributed by atoms with Gasteiger partial charge in [0.2, 0.25) is 0 Å². The number of carbonyl (C=O) groups is 1. The molecule has 6 heteroatoms. The molecule has 0 radical (unpaired) electrons. The van der Waals surface area contributed by atoms with Crippen LogP contribution in [0.5, 0.6) is 0 Å². The molecule has 1 aromatic carbocycles. The average molecular weight is 281 g/mol. The van der Waals surface area contributed by atoms with Gasteiger partial charge in [0, 0.05) is 25.0 Å². The summed E-state index contributed by atoms with van der Waals surface area (Å²) in [4.78, 5) is 16.2. The highest BCUT2D eigenvalue weighted by Crippen LogP contribution is 2.10. The Balaban J connectivity index is 1.70. The highest BCUT2D eigenvalue weighted by Gasteiger charge is 2.14. The van der Waals surface area contributed by atoms with Crippen molar-refractivity contribution in [2.45, 2.75) is 6.04 Å². The molecule has 0 spiro atoms. The quantitative estimate of drug-likeness (QED) is 0.751. The second-order valence-electron chi connectivity index (χ2n) is 4.69. The van der Waals surface area contributed by atoms with Gasteiger partial charge in [-0.2, -0.15) is 5.10 Å². The van der Waals surface area contributed by atoms with Crippen LogP contribution in [-0.4, -0.2) is 27.0 Å². The fraction of sp³-hybridized carbons (Fsp3) is 0.133. The number of hydrogen-bond donors (Lipinski definition) is 2. The van der Waals surface area contributed by atoms with Gasteiger partial charge in [0.1, 0.15) is 0 Å². The number of carbonyl (C=O) groups excluding carboxylic acids is 1. The van der Waals surface area contributed by atoms with E-state index in [9.17, 15) is 4.79 Å². The Labute approximate surface area is 121 Å². The fourth-order valence-electron chi connectivity index (χ4n) is 2.13. The molecule has 0 saturated carbocycles. The third-order valence-electron chi connectivity index (χ3n) is 3.28. The smallest absolute Gasteiger partial charge is 0.255 e. The van der Waals surface area contributed by atoms with E-state index in [0.29, 0.717) is 17.6 Å². The predicted octanol–water partition coefficient (Wildman–Crippen LogP) is 1.16. The van der Waals surface area contributed by atoms with Crippen molar-refractivity contribution in [3.63, 3.8) is 0 Å². The molecule has 3 aromatic rings. The van der Waals surface area contributed by atoms with Gasteiger partial charge < -0.3 is 11.1 Å². The van der Waals surface area contributed by atoms with E-state index in [1.807, 2.05) is 30.3 Å². The van der Waals surface area contributed by atoms with E-state index < -0.39 is 0 Å². The second-order valence-corrected chi connectivity index (χ2v) is 4.69. The van der Waals surface area contributed by atoms with Gasteiger partial charge in [0.05, 0.1) is 23.5 Å². The van der Waals surface area contributed by atoms with E-state index in [1.54, 1.807) is 23.1 Å². The molecule has 2 aromatic heterocycles. The van der Waals surface area contributed by atoms with Crippen molar-refractivity contribution in [3.8, 4) is 0 Å². The second kappa shape index (κ2) is 5.72. The van der Waals surface area contributed by atoms with Gasteiger partial charge in [-0.25, -0.2) is 4.52 Å². The molecule has 21 heavy (non-hydrogen) atoms. The third-order valence-corrected chi connectivity index (χ3v) is 3.28. The van der Waals surface area contributed by atoms with Crippen LogP contribution in [0.2, 0.25) is 0 Å². The molecule has 2 heterocycles. The van der Waals surface area contributed by atoms with Gasteiger partial charge in [-0.05, 0) is 5.56 Å². The SMILES string of the molecule is NC(CNC(=O)c1cnn2ccncc12)c1ccccc1. The van der Waals surface area contributed by atoms with Crippen molar-refractivity contribution < 1.29 is 4.79 Å². The first-order chi connectivity index (χ1) is 10.3. The van der Waals surface area contributed by atoms with E-state index >= 15 is 0 Å². The Hall–Kier alpha value is -2.73.